The predicted octanol–water partition coefficient (Wildman–Crippen LogP) is 3.53. The normalized spacial score (nSPS) is 21.2. The average Bonchev–Trinajstić information content (AvgIpc) is 3.14. The van der Waals surface area contributed by atoms with Gasteiger partial charge in [0.15, 0.2) is 5.96 Å². The van der Waals surface area contributed by atoms with Crippen molar-refractivity contribution in [2.24, 2.45) is 4.99 Å². The zero-order chi connectivity index (χ0) is 18.4. The molecular formula is C19H29Cl2IN4O. The van der Waals surface area contributed by atoms with Crippen LogP contribution in [-0.4, -0.2) is 74.3 Å². The molecular weight excluding hydrogens is 498 g/mol. The highest BCUT2D eigenvalue weighted by molar-refractivity contribution is 14.0. The molecule has 0 aliphatic carbocycles. The van der Waals surface area contributed by atoms with Gasteiger partial charge in [0.2, 0.25) is 0 Å². The summed E-state index contributed by atoms with van der Waals surface area (Å²) in [7, 11) is 0. The van der Waals surface area contributed by atoms with Crippen molar-refractivity contribution in [3.05, 3.63) is 33.8 Å². The fraction of sp³-hybridized carbons (Fsp3) is 0.632. The standard InChI is InChI=1S/C19H28Cl2N4O.HI/c1-2-22-19(23-8-6-16-17(20)4-3-5-18(16)21)25-9-7-15(14-25)24-10-12-26-13-11-24;/h3-5,15H,2,6-14H2,1H3,(H,22,23);1H. The lowest BCUT2D eigenvalue weighted by Crippen LogP contribution is -2.46. The quantitative estimate of drug-likeness (QED) is 0.362. The lowest BCUT2D eigenvalue weighted by molar-refractivity contribution is 0.0195. The van der Waals surface area contributed by atoms with Crippen LogP contribution in [0, 0.1) is 0 Å². The number of ether oxygens (including phenoxy) is 1. The third-order valence-electron chi connectivity index (χ3n) is 5.04. The molecule has 1 atom stereocenters. The number of hydrogen-bond donors (Lipinski definition) is 1. The summed E-state index contributed by atoms with van der Waals surface area (Å²) in [5.41, 5.74) is 0.975. The second kappa shape index (κ2) is 11.7. The van der Waals surface area contributed by atoms with Gasteiger partial charge in [-0.05, 0) is 37.5 Å². The van der Waals surface area contributed by atoms with E-state index in [-0.39, 0.29) is 24.0 Å². The van der Waals surface area contributed by atoms with Crippen molar-refractivity contribution in [1.29, 1.82) is 0 Å². The van der Waals surface area contributed by atoms with E-state index in [4.69, 9.17) is 32.9 Å². The van der Waals surface area contributed by atoms with Crippen molar-refractivity contribution in [3.63, 3.8) is 0 Å². The highest BCUT2D eigenvalue weighted by atomic mass is 127. The number of nitrogens with one attached hydrogen (secondary N) is 1. The molecule has 0 radical (unpaired) electrons. The predicted molar refractivity (Wildman–Crippen MR) is 124 cm³/mol. The molecule has 8 heteroatoms. The second-order valence-corrected chi connectivity index (χ2v) is 7.54. The molecule has 0 spiro atoms. The highest BCUT2D eigenvalue weighted by Gasteiger charge is 2.30. The van der Waals surface area contributed by atoms with Crippen molar-refractivity contribution in [2.45, 2.75) is 25.8 Å². The Balaban J connectivity index is 0.00000261. The summed E-state index contributed by atoms with van der Waals surface area (Å²) in [4.78, 5) is 9.75. The van der Waals surface area contributed by atoms with Crippen LogP contribution in [-0.2, 0) is 11.2 Å². The Morgan fingerprint density at radius 1 is 1.22 bits per heavy atom. The number of likely N-dealkylation sites (tertiary alicyclic amines) is 1. The first kappa shape index (κ1) is 23.0. The maximum Gasteiger partial charge on any atom is 0.193 e. The van der Waals surface area contributed by atoms with Crippen LogP contribution >= 0.6 is 47.2 Å². The third kappa shape index (κ3) is 6.35. The lowest BCUT2D eigenvalue weighted by Gasteiger charge is -2.32. The molecule has 152 valence electrons. The van der Waals surface area contributed by atoms with Gasteiger partial charge in [-0.2, -0.15) is 0 Å². The van der Waals surface area contributed by atoms with Crippen LogP contribution < -0.4 is 5.32 Å². The van der Waals surface area contributed by atoms with Gasteiger partial charge in [-0.1, -0.05) is 29.3 Å². The van der Waals surface area contributed by atoms with E-state index < -0.39 is 0 Å². The summed E-state index contributed by atoms with van der Waals surface area (Å²) in [6.07, 6.45) is 1.93. The molecule has 0 saturated carbocycles. The van der Waals surface area contributed by atoms with Gasteiger partial charge >= 0.3 is 0 Å². The maximum atomic E-state index is 6.26. The highest BCUT2D eigenvalue weighted by Crippen LogP contribution is 2.24. The van der Waals surface area contributed by atoms with Crippen molar-refractivity contribution in [1.82, 2.24) is 15.1 Å². The minimum atomic E-state index is 0. The Kier molecular flexibility index (Phi) is 9.93. The monoisotopic (exact) mass is 526 g/mol. The molecule has 3 rings (SSSR count). The molecule has 1 aromatic rings. The molecule has 2 aliphatic heterocycles. The fourth-order valence-corrected chi connectivity index (χ4v) is 4.23. The van der Waals surface area contributed by atoms with Gasteiger partial charge < -0.3 is 15.0 Å². The van der Waals surface area contributed by atoms with Crippen molar-refractivity contribution < 1.29 is 4.74 Å². The number of aliphatic imine (C=N–C) groups is 1. The zero-order valence-corrected chi connectivity index (χ0v) is 19.6. The molecule has 1 unspecified atom stereocenters. The first-order valence-electron chi connectivity index (χ1n) is 9.47. The minimum Gasteiger partial charge on any atom is -0.379 e. The number of benzene rings is 1. The molecule has 2 saturated heterocycles. The largest absolute Gasteiger partial charge is 0.379 e. The van der Waals surface area contributed by atoms with Crippen LogP contribution in [0.25, 0.3) is 0 Å². The number of rotatable bonds is 5. The van der Waals surface area contributed by atoms with Crippen molar-refractivity contribution in [3.8, 4) is 0 Å². The smallest absolute Gasteiger partial charge is 0.193 e. The zero-order valence-electron chi connectivity index (χ0n) is 15.8. The van der Waals surface area contributed by atoms with E-state index in [1.807, 2.05) is 18.2 Å². The average molecular weight is 527 g/mol. The van der Waals surface area contributed by atoms with Gasteiger partial charge in [0.05, 0.1) is 13.2 Å². The first-order chi connectivity index (χ1) is 12.7. The molecule has 1 N–H and O–H groups in total. The Morgan fingerprint density at radius 2 is 1.93 bits per heavy atom. The van der Waals surface area contributed by atoms with Crippen LogP contribution in [0.15, 0.2) is 23.2 Å². The van der Waals surface area contributed by atoms with E-state index in [9.17, 15) is 0 Å². The molecule has 0 aromatic heterocycles. The Labute approximate surface area is 189 Å². The topological polar surface area (TPSA) is 40.1 Å². The van der Waals surface area contributed by atoms with Crippen LogP contribution in [0.4, 0.5) is 0 Å². The second-order valence-electron chi connectivity index (χ2n) is 6.72. The number of hydrogen-bond acceptors (Lipinski definition) is 3. The molecule has 1 aromatic carbocycles. The van der Waals surface area contributed by atoms with E-state index in [1.165, 1.54) is 6.42 Å². The fourth-order valence-electron chi connectivity index (χ4n) is 3.65. The van der Waals surface area contributed by atoms with Crippen molar-refractivity contribution in [2.75, 3.05) is 52.5 Å². The molecule has 2 heterocycles. The lowest BCUT2D eigenvalue weighted by atomic mass is 10.1. The Bertz CT molecular complexity index is 605. The number of halogens is 3. The molecule has 2 fully saturated rings. The van der Waals surface area contributed by atoms with Gasteiger partial charge in [0.25, 0.3) is 0 Å². The first-order valence-corrected chi connectivity index (χ1v) is 10.2. The summed E-state index contributed by atoms with van der Waals surface area (Å²) < 4.78 is 5.47. The third-order valence-corrected chi connectivity index (χ3v) is 5.75. The molecule has 0 amide bonds. The number of nitrogens with zero attached hydrogens (tertiary/aromatic N) is 3. The Morgan fingerprint density at radius 3 is 2.59 bits per heavy atom. The molecule has 27 heavy (non-hydrogen) atoms. The van der Waals surface area contributed by atoms with E-state index in [1.54, 1.807) is 0 Å². The summed E-state index contributed by atoms with van der Waals surface area (Å²) in [6.45, 7) is 9.49. The van der Waals surface area contributed by atoms with Gasteiger partial charge in [-0.15, -0.1) is 24.0 Å². The number of morpholine rings is 1. The van der Waals surface area contributed by atoms with E-state index >= 15 is 0 Å². The molecule has 5 nitrogen and oxygen atoms in total. The summed E-state index contributed by atoms with van der Waals surface area (Å²) >= 11 is 12.5. The minimum absolute atomic E-state index is 0. The van der Waals surface area contributed by atoms with Gasteiger partial charge in [-0.3, -0.25) is 9.89 Å². The van der Waals surface area contributed by atoms with Crippen molar-refractivity contribution >= 4 is 53.1 Å². The van der Waals surface area contributed by atoms with Gasteiger partial charge in [0.1, 0.15) is 0 Å². The summed E-state index contributed by atoms with van der Waals surface area (Å²) in [6, 6.07) is 6.23. The summed E-state index contributed by atoms with van der Waals surface area (Å²) in [5.74, 6) is 0.992. The number of guanidine groups is 1. The van der Waals surface area contributed by atoms with E-state index in [2.05, 4.69) is 22.0 Å². The van der Waals surface area contributed by atoms with Crippen LogP contribution in [0.3, 0.4) is 0 Å². The SMILES string of the molecule is CCNC(=NCCc1c(Cl)cccc1Cl)N1CCC(N2CCOCC2)C1.I. The van der Waals surface area contributed by atoms with Gasteiger partial charge in [-0.25, -0.2) is 0 Å². The molecule has 2 aliphatic rings. The summed E-state index contributed by atoms with van der Waals surface area (Å²) in [5, 5.41) is 4.86. The van der Waals surface area contributed by atoms with Crippen LogP contribution in [0.2, 0.25) is 10.0 Å². The van der Waals surface area contributed by atoms with E-state index in [0.717, 1.165) is 63.9 Å². The maximum absolute atomic E-state index is 6.26. The van der Waals surface area contributed by atoms with Crippen LogP contribution in [0.5, 0.6) is 0 Å². The Hall–Kier alpha value is -0.280. The van der Waals surface area contributed by atoms with E-state index in [0.29, 0.717) is 22.6 Å². The van der Waals surface area contributed by atoms with Crippen LogP contribution in [0.1, 0.15) is 18.9 Å². The van der Waals surface area contributed by atoms with Gasteiger partial charge in [0, 0.05) is 55.4 Å². The molecule has 0 bridgehead atoms.